The van der Waals surface area contributed by atoms with Gasteiger partial charge in [-0.2, -0.15) is 0 Å². The van der Waals surface area contributed by atoms with Crippen LogP contribution in [0.2, 0.25) is 5.02 Å². The molecule has 2 unspecified atom stereocenters. The predicted molar refractivity (Wildman–Crippen MR) is 170 cm³/mol. The number of nitrogens with one attached hydrogen (secondary N) is 2. The number of nitrogens with zero attached hydrogens (tertiary/aromatic N) is 2. The van der Waals surface area contributed by atoms with Crippen LogP contribution in [0.5, 0.6) is 5.75 Å². The molecule has 45 heavy (non-hydrogen) atoms. The Kier molecular flexibility index (Phi) is 9.90. The number of likely N-dealkylation sites (N-methyl/N-ethyl adjacent to an activating group) is 1. The molecule has 2 heterocycles. The lowest BCUT2D eigenvalue weighted by Crippen LogP contribution is -3.11. The predicted octanol–water partition coefficient (Wildman–Crippen LogP) is 5.53. The van der Waals surface area contributed by atoms with Crippen LogP contribution in [0.4, 0.5) is 13.2 Å². The molecule has 1 saturated heterocycles. The first-order valence-electron chi connectivity index (χ1n) is 14.4. The van der Waals surface area contributed by atoms with Crippen molar-refractivity contribution in [2.45, 2.75) is 54.0 Å². The molecular weight excluding hydrogens is 645 g/mol. The molecule has 5 rings (SSSR count). The first-order valence-corrected chi connectivity index (χ1v) is 17.3. The second-order valence-electron chi connectivity index (χ2n) is 11.7. The number of rotatable bonds is 10. The third kappa shape index (κ3) is 7.20. The number of methoxy groups -OCH3 is 1. The van der Waals surface area contributed by atoms with Gasteiger partial charge in [0.2, 0.25) is 10.0 Å². The highest BCUT2D eigenvalue weighted by atomic mass is 35.5. The van der Waals surface area contributed by atoms with Crippen LogP contribution in [0.3, 0.4) is 0 Å². The van der Waals surface area contributed by atoms with Gasteiger partial charge in [0.1, 0.15) is 23.2 Å². The standard InChI is InChI=1S/C32H34ClF3N4O3S2/c1-32(2,20-7-12-26(33)29(14-20)43-4)30-17-37-31(40(30)23-10-8-21(34)9-11-23)44-19-25-27(35)15-24(16-28(25)36)45(41,42)38-22-6-5-13-39(3)18-22/h7-12,14-17,22,38H,5-6,13,18-19H2,1-4H3/p+1. The zero-order valence-electron chi connectivity index (χ0n) is 25.3. The molecule has 7 nitrogen and oxygen atoms in total. The number of piperidine rings is 1. The number of quaternary nitrogens is 1. The average Bonchev–Trinajstić information content (AvgIpc) is 3.42. The maximum atomic E-state index is 15.3. The summed E-state index contributed by atoms with van der Waals surface area (Å²) in [5.41, 5.74) is 1.25. The maximum absolute atomic E-state index is 15.3. The van der Waals surface area contributed by atoms with Gasteiger partial charge in [0.15, 0.2) is 5.16 Å². The number of sulfonamides is 1. The Bertz CT molecular complexity index is 1780. The van der Waals surface area contributed by atoms with E-state index in [4.69, 9.17) is 16.3 Å². The van der Waals surface area contributed by atoms with Gasteiger partial charge in [0.05, 0.1) is 55.1 Å². The first kappa shape index (κ1) is 33.3. The molecule has 0 aliphatic carbocycles. The van der Waals surface area contributed by atoms with Gasteiger partial charge < -0.3 is 9.64 Å². The quantitative estimate of drug-likeness (QED) is 0.216. The molecule has 1 aliphatic heterocycles. The number of hydrogen-bond acceptors (Lipinski definition) is 5. The molecule has 1 aliphatic rings. The van der Waals surface area contributed by atoms with E-state index in [1.807, 2.05) is 37.6 Å². The number of imidazole rings is 1. The molecule has 0 radical (unpaired) electrons. The minimum atomic E-state index is -4.12. The monoisotopic (exact) mass is 679 g/mol. The van der Waals surface area contributed by atoms with Crippen molar-refractivity contribution in [3.63, 3.8) is 0 Å². The molecule has 2 atom stereocenters. The molecule has 0 saturated carbocycles. The fourth-order valence-electron chi connectivity index (χ4n) is 5.59. The van der Waals surface area contributed by atoms with Crippen molar-refractivity contribution in [1.82, 2.24) is 14.3 Å². The van der Waals surface area contributed by atoms with E-state index >= 15 is 8.78 Å². The normalized spacial score (nSPS) is 17.4. The summed E-state index contributed by atoms with van der Waals surface area (Å²) >= 11 is 7.34. The molecule has 4 aromatic rings. The van der Waals surface area contributed by atoms with Crippen LogP contribution in [-0.2, 0) is 21.2 Å². The molecule has 0 amide bonds. The van der Waals surface area contributed by atoms with E-state index in [0.717, 1.165) is 48.1 Å². The highest BCUT2D eigenvalue weighted by molar-refractivity contribution is 7.98. The molecule has 3 aromatic carbocycles. The molecule has 13 heteroatoms. The Morgan fingerprint density at radius 2 is 1.80 bits per heavy atom. The van der Waals surface area contributed by atoms with Crippen LogP contribution in [0.15, 0.2) is 70.8 Å². The molecule has 240 valence electrons. The van der Waals surface area contributed by atoms with Crippen LogP contribution in [0, 0.1) is 17.5 Å². The molecule has 2 N–H and O–H groups in total. The molecule has 0 bridgehead atoms. The van der Waals surface area contributed by atoms with Crippen molar-refractivity contribution in [2.24, 2.45) is 0 Å². The van der Waals surface area contributed by atoms with E-state index in [-0.39, 0.29) is 17.4 Å². The summed E-state index contributed by atoms with van der Waals surface area (Å²) in [6.07, 6.45) is 3.20. The second kappa shape index (κ2) is 13.4. The minimum Gasteiger partial charge on any atom is -0.495 e. The van der Waals surface area contributed by atoms with Gasteiger partial charge in [0, 0.05) is 22.4 Å². The second-order valence-corrected chi connectivity index (χ2v) is 14.8. The van der Waals surface area contributed by atoms with E-state index in [9.17, 15) is 12.8 Å². The Labute approximate surface area is 270 Å². The van der Waals surface area contributed by atoms with Crippen molar-refractivity contribution >= 4 is 33.4 Å². The lowest BCUT2D eigenvalue weighted by Gasteiger charge is -2.28. The first-order chi connectivity index (χ1) is 21.3. The highest BCUT2D eigenvalue weighted by Gasteiger charge is 2.31. The Morgan fingerprint density at radius 3 is 2.44 bits per heavy atom. The molecule has 1 fully saturated rings. The van der Waals surface area contributed by atoms with Crippen LogP contribution in [0.1, 0.15) is 43.5 Å². The van der Waals surface area contributed by atoms with E-state index in [1.165, 1.54) is 24.1 Å². The zero-order valence-corrected chi connectivity index (χ0v) is 27.7. The summed E-state index contributed by atoms with van der Waals surface area (Å²) in [5, 5.41) is 0.869. The molecule has 1 aromatic heterocycles. The Balaban J connectivity index is 1.45. The number of aromatic nitrogens is 2. The smallest absolute Gasteiger partial charge is 0.241 e. The maximum Gasteiger partial charge on any atom is 0.241 e. The van der Waals surface area contributed by atoms with Gasteiger partial charge in [-0.05, 0) is 66.9 Å². The average molecular weight is 680 g/mol. The van der Waals surface area contributed by atoms with Gasteiger partial charge in [-0.3, -0.25) is 4.57 Å². The van der Waals surface area contributed by atoms with Crippen molar-refractivity contribution in [2.75, 3.05) is 27.2 Å². The highest BCUT2D eigenvalue weighted by Crippen LogP contribution is 2.39. The summed E-state index contributed by atoms with van der Waals surface area (Å²) in [5.74, 6) is -2.02. The van der Waals surface area contributed by atoms with Gasteiger partial charge in [-0.1, -0.05) is 43.3 Å². The van der Waals surface area contributed by atoms with Crippen molar-refractivity contribution < 1.29 is 31.2 Å². The van der Waals surface area contributed by atoms with Gasteiger partial charge >= 0.3 is 0 Å². The summed E-state index contributed by atoms with van der Waals surface area (Å²) in [6, 6.07) is 12.7. The lowest BCUT2D eigenvalue weighted by molar-refractivity contribution is -0.885. The summed E-state index contributed by atoms with van der Waals surface area (Å²) < 4.78 is 80.4. The number of thioether (sulfide) groups is 1. The number of ether oxygens (including phenoxy) is 1. The zero-order chi connectivity index (χ0) is 32.5. The van der Waals surface area contributed by atoms with E-state index in [1.54, 1.807) is 24.4 Å². The fraction of sp³-hybridized carbons (Fsp3) is 0.344. The fourth-order valence-corrected chi connectivity index (χ4v) is 8.08. The number of halogens is 4. The topological polar surface area (TPSA) is 77.7 Å². The van der Waals surface area contributed by atoms with Crippen molar-refractivity contribution in [1.29, 1.82) is 0 Å². The Hall–Kier alpha value is -3.03. The van der Waals surface area contributed by atoms with Crippen LogP contribution < -0.4 is 14.4 Å². The lowest BCUT2D eigenvalue weighted by atomic mass is 9.81. The van der Waals surface area contributed by atoms with Crippen LogP contribution in [-0.4, -0.2) is 51.3 Å². The number of hydrogen-bond donors (Lipinski definition) is 2. The van der Waals surface area contributed by atoms with Crippen LogP contribution in [0.25, 0.3) is 5.69 Å². The van der Waals surface area contributed by atoms with Gasteiger partial charge in [0.25, 0.3) is 0 Å². The number of benzene rings is 3. The molecular formula is C32H35ClF3N4O3S2+. The summed E-state index contributed by atoms with van der Waals surface area (Å²) in [7, 11) is -0.611. The summed E-state index contributed by atoms with van der Waals surface area (Å²) in [6.45, 7) is 5.52. The summed E-state index contributed by atoms with van der Waals surface area (Å²) in [4.78, 5) is 5.33. The van der Waals surface area contributed by atoms with E-state index < -0.39 is 37.8 Å². The third-order valence-corrected chi connectivity index (χ3v) is 11.0. The Morgan fingerprint density at radius 1 is 1.11 bits per heavy atom. The van der Waals surface area contributed by atoms with Crippen molar-refractivity contribution in [3.8, 4) is 11.4 Å². The van der Waals surface area contributed by atoms with Crippen molar-refractivity contribution in [3.05, 3.63) is 100 Å². The van der Waals surface area contributed by atoms with E-state index in [2.05, 4.69) is 9.71 Å². The van der Waals surface area contributed by atoms with E-state index in [0.29, 0.717) is 34.6 Å². The SMILES string of the molecule is COc1cc(C(C)(C)c2cnc(SCc3c(F)cc(S(=O)(=O)NC4CCC[NH+](C)C4)cc3F)n2-c2ccc(F)cc2)ccc1Cl. The van der Waals surface area contributed by atoms with Gasteiger partial charge in [-0.25, -0.2) is 31.3 Å². The van der Waals surface area contributed by atoms with Gasteiger partial charge in [-0.15, -0.1) is 0 Å². The number of likely N-dealkylation sites (tertiary alicyclic amines) is 1. The largest absolute Gasteiger partial charge is 0.495 e. The molecule has 0 spiro atoms. The van der Waals surface area contributed by atoms with Crippen LogP contribution >= 0.6 is 23.4 Å². The third-order valence-electron chi connectivity index (χ3n) is 8.17. The minimum absolute atomic E-state index is 0.172.